The first kappa shape index (κ1) is 16.2. The second kappa shape index (κ2) is 7.10. The molecule has 1 rings (SSSR count). The van der Waals surface area contributed by atoms with Crippen molar-refractivity contribution in [2.45, 2.75) is 64.8 Å². The summed E-state index contributed by atoms with van der Waals surface area (Å²) in [6.45, 7) is 5.87. The zero-order chi connectivity index (χ0) is 14.5. The molecule has 19 heavy (non-hydrogen) atoms. The van der Waals surface area contributed by atoms with Crippen LogP contribution in [0.5, 0.6) is 0 Å². The van der Waals surface area contributed by atoms with Gasteiger partial charge in [-0.25, -0.2) is 4.79 Å². The second-order valence-corrected chi connectivity index (χ2v) is 6.37. The van der Waals surface area contributed by atoms with Crippen LogP contribution in [0.3, 0.4) is 0 Å². The van der Waals surface area contributed by atoms with Crippen molar-refractivity contribution in [3.05, 3.63) is 0 Å². The molecule has 0 saturated heterocycles. The Kier molecular flexibility index (Phi) is 6.07. The maximum Gasteiger partial charge on any atom is 0.410 e. The van der Waals surface area contributed by atoms with E-state index in [4.69, 9.17) is 14.9 Å². The van der Waals surface area contributed by atoms with Gasteiger partial charge in [0.2, 0.25) is 0 Å². The van der Waals surface area contributed by atoms with Crippen LogP contribution in [0.4, 0.5) is 4.79 Å². The fraction of sp³-hybridized carbons (Fsp3) is 0.929. The number of rotatable bonds is 4. The molecule has 0 spiro atoms. The Morgan fingerprint density at radius 2 is 1.84 bits per heavy atom. The molecule has 1 fully saturated rings. The van der Waals surface area contributed by atoms with E-state index < -0.39 is 18.0 Å². The van der Waals surface area contributed by atoms with Gasteiger partial charge in [-0.3, -0.25) is 0 Å². The fourth-order valence-corrected chi connectivity index (χ4v) is 2.43. The molecule has 0 radical (unpaired) electrons. The Bertz CT molecular complexity index is 280. The maximum atomic E-state index is 12.0. The number of ether oxygens (including phenoxy) is 1. The van der Waals surface area contributed by atoms with Crippen molar-refractivity contribution in [2.24, 2.45) is 5.92 Å². The molecule has 0 aromatic heterocycles. The van der Waals surface area contributed by atoms with Crippen molar-refractivity contribution in [1.82, 2.24) is 4.90 Å². The summed E-state index contributed by atoms with van der Waals surface area (Å²) in [6, 6.07) is 0. The SMILES string of the molecule is CC(C)(C)OC(=O)N(CC(O)O)CC1CCCCC1. The number of nitrogens with zero attached hydrogens (tertiary/aromatic N) is 1. The van der Waals surface area contributed by atoms with E-state index in [1.807, 2.05) is 0 Å². The number of carbonyl (C=O) groups excluding carboxylic acids is 1. The van der Waals surface area contributed by atoms with E-state index in [1.165, 1.54) is 24.2 Å². The third-order valence-corrected chi connectivity index (χ3v) is 3.24. The largest absolute Gasteiger partial charge is 0.444 e. The Labute approximate surface area is 115 Å². The highest BCUT2D eigenvalue weighted by molar-refractivity contribution is 5.68. The van der Waals surface area contributed by atoms with E-state index in [2.05, 4.69) is 0 Å². The molecular formula is C14H27NO4. The number of carbonyl (C=O) groups is 1. The average Bonchev–Trinajstić information content (AvgIpc) is 2.26. The highest BCUT2D eigenvalue weighted by Crippen LogP contribution is 2.25. The molecule has 1 saturated carbocycles. The van der Waals surface area contributed by atoms with Gasteiger partial charge in [0.1, 0.15) is 5.60 Å². The smallest absolute Gasteiger partial charge is 0.410 e. The number of hydrogen-bond acceptors (Lipinski definition) is 4. The van der Waals surface area contributed by atoms with Gasteiger partial charge in [0.15, 0.2) is 6.29 Å². The zero-order valence-electron chi connectivity index (χ0n) is 12.3. The van der Waals surface area contributed by atoms with E-state index in [0.717, 1.165) is 12.8 Å². The standard InChI is InChI=1S/C14H27NO4/c1-14(2,3)19-13(18)15(10-12(16)17)9-11-7-5-4-6-8-11/h11-12,16-17H,4-10H2,1-3H3. The molecule has 1 aliphatic rings. The van der Waals surface area contributed by atoms with Gasteiger partial charge in [-0.2, -0.15) is 0 Å². The van der Waals surface area contributed by atoms with E-state index in [-0.39, 0.29) is 6.54 Å². The number of aliphatic hydroxyl groups excluding tert-OH is 1. The average molecular weight is 273 g/mol. The molecule has 1 amide bonds. The van der Waals surface area contributed by atoms with E-state index in [1.54, 1.807) is 20.8 Å². The number of hydrogen-bond donors (Lipinski definition) is 2. The molecule has 1 aliphatic carbocycles. The molecule has 5 heteroatoms. The van der Waals surface area contributed by atoms with Crippen LogP contribution in [0.1, 0.15) is 52.9 Å². The normalized spacial score (nSPS) is 17.6. The summed E-state index contributed by atoms with van der Waals surface area (Å²) in [4.78, 5) is 13.5. The molecule has 0 unspecified atom stereocenters. The maximum absolute atomic E-state index is 12.0. The van der Waals surface area contributed by atoms with Crippen LogP contribution < -0.4 is 0 Å². The second-order valence-electron chi connectivity index (χ2n) is 6.37. The third kappa shape index (κ3) is 6.78. The number of aliphatic hydroxyl groups is 2. The minimum atomic E-state index is -1.52. The number of amides is 1. The summed E-state index contributed by atoms with van der Waals surface area (Å²) in [5.41, 5.74) is -0.567. The van der Waals surface area contributed by atoms with E-state index in [0.29, 0.717) is 12.5 Å². The van der Waals surface area contributed by atoms with Crippen LogP contribution in [-0.4, -0.2) is 46.2 Å². The molecule has 0 atom stereocenters. The Balaban J connectivity index is 2.57. The monoisotopic (exact) mass is 273 g/mol. The molecule has 5 nitrogen and oxygen atoms in total. The van der Waals surface area contributed by atoms with Crippen molar-refractivity contribution in [1.29, 1.82) is 0 Å². The van der Waals surface area contributed by atoms with Gasteiger partial charge >= 0.3 is 6.09 Å². The molecule has 112 valence electrons. The Hall–Kier alpha value is -0.810. The van der Waals surface area contributed by atoms with Crippen molar-refractivity contribution < 1.29 is 19.7 Å². The summed E-state index contributed by atoms with van der Waals surface area (Å²) < 4.78 is 5.31. The Morgan fingerprint density at radius 3 is 2.32 bits per heavy atom. The molecule has 0 aliphatic heterocycles. The van der Waals surface area contributed by atoms with Crippen molar-refractivity contribution in [3.8, 4) is 0 Å². The minimum Gasteiger partial charge on any atom is -0.444 e. The highest BCUT2D eigenvalue weighted by atomic mass is 16.6. The molecule has 0 bridgehead atoms. The Morgan fingerprint density at radius 1 is 1.26 bits per heavy atom. The van der Waals surface area contributed by atoms with Crippen LogP contribution >= 0.6 is 0 Å². The first-order valence-corrected chi connectivity index (χ1v) is 7.12. The summed E-state index contributed by atoms with van der Waals surface area (Å²) in [5, 5.41) is 18.2. The highest BCUT2D eigenvalue weighted by Gasteiger charge is 2.26. The van der Waals surface area contributed by atoms with Crippen LogP contribution in [0.25, 0.3) is 0 Å². The topological polar surface area (TPSA) is 70.0 Å². The van der Waals surface area contributed by atoms with Crippen LogP contribution in [0, 0.1) is 5.92 Å². The lowest BCUT2D eigenvalue weighted by Gasteiger charge is -2.32. The van der Waals surface area contributed by atoms with Gasteiger partial charge in [-0.05, 0) is 39.5 Å². The van der Waals surface area contributed by atoms with Crippen LogP contribution in [-0.2, 0) is 4.74 Å². The van der Waals surface area contributed by atoms with Gasteiger partial charge < -0.3 is 19.8 Å². The van der Waals surface area contributed by atoms with Crippen molar-refractivity contribution in [3.63, 3.8) is 0 Å². The van der Waals surface area contributed by atoms with Crippen molar-refractivity contribution >= 4 is 6.09 Å². The first-order valence-electron chi connectivity index (χ1n) is 7.12. The van der Waals surface area contributed by atoms with Gasteiger partial charge in [0, 0.05) is 6.54 Å². The lowest BCUT2D eigenvalue weighted by atomic mass is 9.89. The fourth-order valence-electron chi connectivity index (χ4n) is 2.43. The van der Waals surface area contributed by atoms with E-state index in [9.17, 15) is 4.79 Å². The predicted octanol–water partition coefficient (Wildman–Crippen LogP) is 2.11. The lowest BCUT2D eigenvalue weighted by molar-refractivity contribution is -0.0674. The molecular weight excluding hydrogens is 246 g/mol. The summed E-state index contributed by atoms with van der Waals surface area (Å²) in [7, 11) is 0. The van der Waals surface area contributed by atoms with E-state index >= 15 is 0 Å². The summed E-state index contributed by atoms with van der Waals surface area (Å²) in [5.74, 6) is 0.444. The van der Waals surface area contributed by atoms with Crippen LogP contribution in [0.15, 0.2) is 0 Å². The zero-order valence-corrected chi connectivity index (χ0v) is 12.3. The van der Waals surface area contributed by atoms with Gasteiger partial charge in [0.25, 0.3) is 0 Å². The summed E-state index contributed by atoms with van der Waals surface area (Å²) in [6.07, 6.45) is 3.85. The molecule has 0 aromatic carbocycles. The van der Waals surface area contributed by atoms with Crippen molar-refractivity contribution in [2.75, 3.05) is 13.1 Å². The quantitative estimate of drug-likeness (QED) is 0.770. The molecule has 0 aromatic rings. The van der Waals surface area contributed by atoms with Crippen LogP contribution in [0.2, 0.25) is 0 Å². The lowest BCUT2D eigenvalue weighted by Crippen LogP contribution is -2.43. The third-order valence-electron chi connectivity index (χ3n) is 3.24. The molecule has 0 heterocycles. The minimum absolute atomic E-state index is 0.0919. The first-order chi connectivity index (χ1) is 8.78. The van der Waals surface area contributed by atoms with Gasteiger partial charge in [-0.15, -0.1) is 0 Å². The van der Waals surface area contributed by atoms with Gasteiger partial charge in [-0.1, -0.05) is 19.3 Å². The van der Waals surface area contributed by atoms with Gasteiger partial charge in [0.05, 0.1) is 6.54 Å². The summed E-state index contributed by atoms with van der Waals surface area (Å²) >= 11 is 0. The molecule has 2 N–H and O–H groups in total. The predicted molar refractivity (Wildman–Crippen MR) is 72.6 cm³/mol.